The van der Waals surface area contributed by atoms with E-state index in [1.165, 1.54) is 47.8 Å². The van der Waals surface area contributed by atoms with Crippen LogP contribution in [-0.2, 0) is 44.8 Å². The number of aldehydes is 1. The van der Waals surface area contributed by atoms with Crippen LogP contribution in [0.4, 0.5) is 10.5 Å². The Morgan fingerprint density at radius 3 is 2.34 bits per heavy atom. The van der Waals surface area contributed by atoms with E-state index in [2.05, 4.69) is 43.1 Å². The molecule has 0 radical (unpaired) electrons. The van der Waals surface area contributed by atoms with Crippen molar-refractivity contribution in [3.05, 3.63) is 83.6 Å². The number of unbranched alkanes of at least 4 members (excludes halogenated alkanes) is 3. The standard InChI is InChI=1S/C49H63N9O11S/c1-9-21-67-49(65)53-33(7)45(61)52-32(6)46(62)54-37-17-14-35(15-18-37)27-68-41-23-36(44-31(5)50-28-70-44)16-19-39(41)30(4)51-47(63)40-24-38(69-34(8)60)25-57(40)48(64)43(29(2)3)58-26-42(55-56-58)66-22-13-11-10-12-20-59/h9,14-20,23,26,28-30,32-33,38,40,43H,1,10-13,21-22,24-25,27H2,2-8H3,(H,51,63)(H,52,61)(H,53,65)(H,54,62)/t30-,32-,33-,38+,40-,43-/m0/s1. The lowest BCUT2D eigenvalue weighted by Crippen LogP contribution is -2.50. The van der Waals surface area contributed by atoms with Crippen LogP contribution in [0.3, 0.4) is 0 Å². The van der Waals surface area contributed by atoms with Gasteiger partial charge in [0.2, 0.25) is 23.6 Å². The lowest BCUT2D eigenvalue weighted by molar-refractivity contribution is -0.147. The van der Waals surface area contributed by atoms with Gasteiger partial charge in [0.05, 0.1) is 41.5 Å². The maximum Gasteiger partial charge on any atom is 0.408 e. The molecule has 1 aliphatic rings. The van der Waals surface area contributed by atoms with E-state index in [0.717, 1.165) is 47.2 Å². The first kappa shape index (κ1) is 53.8. The Morgan fingerprint density at radius 1 is 0.929 bits per heavy atom. The summed E-state index contributed by atoms with van der Waals surface area (Å²) in [5.74, 6) is -1.99. The van der Waals surface area contributed by atoms with E-state index in [1.54, 1.807) is 36.0 Å². The predicted octanol–water partition coefficient (Wildman–Crippen LogP) is 5.78. The van der Waals surface area contributed by atoms with Gasteiger partial charge in [0.1, 0.15) is 55.5 Å². The van der Waals surface area contributed by atoms with Gasteiger partial charge in [0, 0.05) is 31.0 Å². The van der Waals surface area contributed by atoms with Crippen LogP contribution in [0.2, 0.25) is 0 Å². The largest absolute Gasteiger partial charge is 0.489 e. The molecule has 376 valence electrons. The fraction of sp³-hybridized carbons (Fsp3) is 0.469. The van der Waals surface area contributed by atoms with Crippen LogP contribution in [0.25, 0.3) is 10.4 Å². The van der Waals surface area contributed by atoms with Crippen LogP contribution < -0.4 is 30.7 Å². The number of rotatable bonds is 25. The lowest BCUT2D eigenvalue weighted by Gasteiger charge is -2.30. The van der Waals surface area contributed by atoms with Crippen molar-refractivity contribution in [2.45, 2.75) is 123 Å². The molecule has 4 N–H and O–H groups in total. The molecule has 6 atom stereocenters. The first-order valence-electron chi connectivity index (χ1n) is 23.2. The van der Waals surface area contributed by atoms with Crippen molar-refractivity contribution in [3.63, 3.8) is 0 Å². The molecular weight excluding hydrogens is 923 g/mol. The van der Waals surface area contributed by atoms with E-state index < -0.39 is 72.0 Å². The number of nitrogens with zero attached hydrogens (tertiary/aromatic N) is 5. The van der Waals surface area contributed by atoms with Crippen LogP contribution >= 0.6 is 11.3 Å². The molecule has 2 aromatic heterocycles. The quantitative estimate of drug-likeness (QED) is 0.0266. The van der Waals surface area contributed by atoms with E-state index in [-0.39, 0.29) is 38.0 Å². The molecule has 1 saturated heterocycles. The summed E-state index contributed by atoms with van der Waals surface area (Å²) in [5.41, 5.74) is 5.36. The van der Waals surface area contributed by atoms with Crippen LogP contribution in [0.15, 0.2) is 66.8 Å². The number of anilines is 1. The van der Waals surface area contributed by atoms with Gasteiger partial charge in [-0.15, -0.1) is 11.3 Å². The van der Waals surface area contributed by atoms with Crippen molar-refractivity contribution in [3.8, 4) is 22.1 Å². The van der Waals surface area contributed by atoms with Crippen molar-refractivity contribution >= 4 is 59.0 Å². The van der Waals surface area contributed by atoms with Crippen molar-refractivity contribution in [2.24, 2.45) is 5.92 Å². The fourth-order valence-corrected chi connectivity index (χ4v) is 8.47. The zero-order chi connectivity index (χ0) is 50.9. The summed E-state index contributed by atoms with van der Waals surface area (Å²) in [6.07, 6.45) is 5.19. The number of likely N-dealkylation sites (tertiary alicyclic amines) is 1. The number of hydrogen-bond donors (Lipinski definition) is 4. The Labute approximate surface area is 411 Å². The number of aryl methyl sites for hydroxylation is 1. The first-order valence-corrected chi connectivity index (χ1v) is 24.0. The van der Waals surface area contributed by atoms with Gasteiger partial charge in [-0.2, -0.15) is 0 Å². The molecule has 5 amide bonds. The normalized spacial score (nSPS) is 16.0. The number of carbonyl (C=O) groups excluding carboxylic acids is 7. The molecular formula is C49H63N9O11S. The first-order chi connectivity index (χ1) is 33.5. The summed E-state index contributed by atoms with van der Waals surface area (Å²) in [5, 5.41) is 19.2. The predicted molar refractivity (Wildman–Crippen MR) is 260 cm³/mol. The topological polar surface area (TPSA) is 251 Å². The molecule has 0 aliphatic carbocycles. The number of carbonyl (C=O) groups is 7. The van der Waals surface area contributed by atoms with Gasteiger partial charge in [-0.1, -0.05) is 61.1 Å². The minimum Gasteiger partial charge on any atom is -0.489 e. The Bertz CT molecular complexity index is 2460. The highest BCUT2D eigenvalue weighted by atomic mass is 32.1. The zero-order valence-corrected chi connectivity index (χ0v) is 41.4. The molecule has 3 heterocycles. The zero-order valence-electron chi connectivity index (χ0n) is 40.6. The maximum absolute atomic E-state index is 14.5. The molecule has 1 fully saturated rings. The van der Waals surface area contributed by atoms with Crippen LogP contribution in [0.5, 0.6) is 11.6 Å². The monoisotopic (exact) mass is 985 g/mol. The Morgan fingerprint density at radius 2 is 1.67 bits per heavy atom. The van der Waals surface area contributed by atoms with Crippen molar-refractivity contribution in [1.29, 1.82) is 0 Å². The summed E-state index contributed by atoms with van der Waals surface area (Å²) in [6.45, 7) is 15.6. The minimum atomic E-state index is -0.994. The van der Waals surface area contributed by atoms with Crippen LogP contribution in [-0.4, -0.2) is 111 Å². The number of amides is 5. The summed E-state index contributed by atoms with van der Waals surface area (Å²) < 4.78 is 24.1. The van der Waals surface area contributed by atoms with E-state index in [0.29, 0.717) is 30.0 Å². The number of thiazole rings is 1. The molecule has 0 bridgehead atoms. The number of alkyl carbamates (subject to hydrolysis) is 1. The molecule has 5 rings (SSSR count). The highest BCUT2D eigenvalue weighted by molar-refractivity contribution is 7.13. The highest BCUT2D eigenvalue weighted by Gasteiger charge is 2.45. The molecule has 21 heteroatoms. The fourth-order valence-electron chi connectivity index (χ4n) is 7.67. The Kier molecular flexibility index (Phi) is 20.0. The second-order valence-electron chi connectivity index (χ2n) is 17.3. The third-order valence-electron chi connectivity index (χ3n) is 11.3. The van der Waals surface area contributed by atoms with Gasteiger partial charge >= 0.3 is 12.1 Å². The second-order valence-corrected chi connectivity index (χ2v) is 18.1. The molecule has 1 aliphatic heterocycles. The highest BCUT2D eigenvalue weighted by Crippen LogP contribution is 2.36. The smallest absolute Gasteiger partial charge is 0.408 e. The molecule has 4 aromatic rings. The van der Waals surface area contributed by atoms with Crippen molar-refractivity contribution in [1.82, 2.24) is 40.8 Å². The van der Waals surface area contributed by atoms with Crippen LogP contribution in [0.1, 0.15) is 103 Å². The number of ether oxygens (including phenoxy) is 4. The molecule has 0 saturated carbocycles. The van der Waals surface area contributed by atoms with Gasteiger partial charge in [0.25, 0.3) is 5.88 Å². The Balaban J connectivity index is 1.28. The van der Waals surface area contributed by atoms with Crippen molar-refractivity contribution in [2.75, 3.05) is 25.1 Å². The lowest BCUT2D eigenvalue weighted by atomic mass is 10.0. The third-order valence-corrected chi connectivity index (χ3v) is 12.3. The van der Waals surface area contributed by atoms with Gasteiger partial charge in [-0.3, -0.25) is 24.0 Å². The summed E-state index contributed by atoms with van der Waals surface area (Å²) >= 11 is 1.48. The van der Waals surface area contributed by atoms with Gasteiger partial charge in [0.15, 0.2) is 0 Å². The van der Waals surface area contributed by atoms with E-state index >= 15 is 0 Å². The second kappa shape index (κ2) is 26.0. The summed E-state index contributed by atoms with van der Waals surface area (Å²) in [4.78, 5) is 95.8. The number of hydrogen-bond acceptors (Lipinski definition) is 15. The van der Waals surface area contributed by atoms with E-state index in [4.69, 9.17) is 18.9 Å². The number of aromatic nitrogens is 4. The number of benzene rings is 2. The molecule has 70 heavy (non-hydrogen) atoms. The molecule has 2 aromatic carbocycles. The SMILES string of the molecule is C=CCOC(=O)N[C@@H](C)C(=O)N[C@@H](C)C(=O)Nc1ccc(COc2cc(-c3scnc3C)ccc2[C@H](C)NC(=O)[C@@H]2C[C@@H](OC(C)=O)CN2C(=O)[C@H](C(C)C)n2cc(OCCCCCC=O)nn2)cc1. The van der Waals surface area contributed by atoms with Crippen LogP contribution in [0, 0.1) is 12.8 Å². The van der Waals surface area contributed by atoms with Gasteiger partial charge in [-0.05, 0) is 82.2 Å². The summed E-state index contributed by atoms with van der Waals surface area (Å²) in [6, 6.07) is 8.30. The molecule has 0 unspecified atom stereocenters. The van der Waals surface area contributed by atoms with Gasteiger partial charge in [-0.25, -0.2) is 14.5 Å². The maximum atomic E-state index is 14.5. The van der Waals surface area contributed by atoms with Gasteiger partial charge < -0.3 is 49.9 Å². The molecule has 20 nitrogen and oxygen atoms in total. The Hall–Kier alpha value is -7.16. The number of esters is 1. The summed E-state index contributed by atoms with van der Waals surface area (Å²) in [7, 11) is 0. The molecule has 0 spiro atoms. The van der Waals surface area contributed by atoms with E-state index in [1.807, 2.05) is 45.9 Å². The van der Waals surface area contributed by atoms with E-state index in [9.17, 15) is 33.6 Å². The minimum absolute atomic E-state index is 0.00439. The van der Waals surface area contributed by atoms with Crippen molar-refractivity contribution < 1.29 is 52.5 Å². The number of nitrogens with one attached hydrogen (secondary N) is 4. The average molecular weight is 986 g/mol. The third kappa shape index (κ3) is 15.2. The average Bonchev–Trinajstić information content (AvgIpc) is 4.09.